The standard InChI is InChI=1S/C15H21N3O4/c1-10-8-17(9-15(3,4)22-10)14(19)16-12-6-5-7-13(11(12)2)18(20)21/h5-7,10H,8-9H2,1-4H3,(H,16,19). The first kappa shape index (κ1) is 16.2. The van der Waals surface area contributed by atoms with Gasteiger partial charge in [-0.25, -0.2) is 4.79 Å². The Morgan fingerprint density at radius 1 is 1.50 bits per heavy atom. The van der Waals surface area contributed by atoms with Crippen LogP contribution in [0.3, 0.4) is 0 Å². The summed E-state index contributed by atoms with van der Waals surface area (Å²) in [5.74, 6) is 0. The van der Waals surface area contributed by atoms with Crippen LogP contribution in [0.2, 0.25) is 0 Å². The lowest BCUT2D eigenvalue weighted by atomic mass is 10.1. The molecule has 0 aromatic heterocycles. The minimum absolute atomic E-state index is 0.00604. The molecule has 2 rings (SSSR count). The van der Waals surface area contributed by atoms with E-state index in [0.717, 1.165) is 0 Å². The van der Waals surface area contributed by atoms with Crippen molar-refractivity contribution in [2.24, 2.45) is 0 Å². The van der Waals surface area contributed by atoms with E-state index < -0.39 is 10.5 Å². The van der Waals surface area contributed by atoms with Gasteiger partial charge in [0.05, 0.1) is 34.4 Å². The van der Waals surface area contributed by atoms with Crippen LogP contribution in [0.1, 0.15) is 26.3 Å². The zero-order chi connectivity index (χ0) is 16.5. The number of nitro benzene ring substituents is 1. The quantitative estimate of drug-likeness (QED) is 0.672. The molecule has 7 nitrogen and oxygen atoms in total. The van der Waals surface area contributed by atoms with E-state index in [9.17, 15) is 14.9 Å². The van der Waals surface area contributed by atoms with E-state index in [-0.39, 0.29) is 17.8 Å². The zero-order valence-electron chi connectivity index (χ0n) is 13.3. The highest BCUT2D eigenvalue weighted by Crippen LogP contribution is 2.26. The van der Waals surface area contributed by atoms with Crippen molar-refractivity contribution < 1.29 is 14.5 Å². The van der Waals surface area contributed by atoms with Crippen molar-refractivity contribution >= 4 is 17.4 Å². The molecule has 0 radical (unpaired) electrons. The molecule has 0 spiro atoms. The minimum Gasteiger partial charge on any atom is -0.369 e. The first-order chi connectivity index (χ1) is 10.2. The summed E-state index contributed by atoms with van der Waals surface area (Å²) in [4.78, 5) is 24.6. The van der Waals surface area contributed by atoms with E-state index in [0.29, 0.717) is 24.3 Å². The number of rotatable bonds is 2. The fourth-order valence-corrected chi connectivity index (χ4v) is 2.76. The Bertz CT molecular complexity index is 600. The van der Waals surface area contributed by atoms with Crippen LogP contribution < -0.4 is 5.32 Å². The molecule has 0 aliphatic carbocycles. The Hall–Kier alpha value is -2.15. The fraction of sp³-hybridized carbons (Fsp3) is 0.533. The predicted molar refractivity (Wildman–Crippen MR) is 83.1 cm³/mol. The summed E-state index contributed by atoms with van der Waals surface area (Å²) in [6, 6.07) is 4.37. The van der Waals surface area contributed by atoms with Crippen molar-refractivity contribution in [1.29, 1.82) is 0 Å². The van der Waals surface area contributed by atoms with Gasteiger partial charge in [-0.2, -0.15) is 0 Å². The predicted octanol–water partition coefficient (Wildman–Crippen LogP) is 2.93. The van der Waals surface area contributed by atoms with Gasteiger partial charge in [0.2, 0.25) is 0 Å². The molecule has 120 valence electrons. The molecule has 22 heavy (non-hydrogen) atoms. The number of ether oxygens (including phenoxy) is 1. The molecule has 0 bridgehead atoms. The number of morpholine rings is 1. The molecule has 1 fully saturated rings. The number of carbonyl (C=O) groups is 1. The van der Waals surface area contributed by atoms with E-state index in [1.807, 2.05) is 20.8 Å². The van der Waals surface area contributed by atoms with Crippen LogP contribution >= 0.6 is 0 Å². The van der Waals surface area contributed by atoms with Crippen LogP contribution in [-0.2, 0) is 4.74 Å². The zero-order valence-corrected chi connectivity index (χ0v) is 13.3. The van der Waals surface area contributed by atoms with Gasteiger partial charge < -0.3 is 15.0 Å². The maximum absolute atomic E-state index is 12.4. The number of carbonyl (C=O) groups excluding carboxylic acids is 1. The van der Waals surface area contributed by atoms with E-state index in [1.54, 1.807) is 24.0 Å². The van der Waals surface area contributed by atoms with Crippen LogP contribution in [0.5, 0.6) is 0 Å². The Kier molecular flexibility index (Phi) is 4.37. The average Bonchev–Trinajstić information content (AvgIpc) is 2.38. The second kappa shape index (κ2) is 5.92. The van der Waals surface area contributed by atoms with Gasteiger partial charge in [0.15, 0.2) is 0 Å². The van der Waals surface area contributed by atoms with Crippen molar-refractivity contribution in [1.82, 2.24) is 4.90 Å². The van der Waals surface area contributed by atoms with Crippen LogP contribution in [0, 0.1) is 17.0 Å². The maximum atomic E-state index is 12.4. The molecule has 2 amide bonds. The van der Waals surface area contributed by atoms with Gasteiger partial charge in [-0.3, -0.25) is 10.1 Å². The number of anilines is 1. The van der Waals surface area contributed by atoms with Gasteiger partial charge in [-0.05, 0) is 33.8 Å². The number of hydrogen-bond acceptors (Lipinski definition) is 4. The van der Waals surface area contributed by atoms with Crippen LogP contribution in [-0.4, -0.2) is 40.6 Å². The van der Waals surface area contributed by atoms with Crippen LogP contribution in [0.25, 0.3) is 0 Å². The average molecular weight is 307 g/mol. The summed E-state index contributed by atoms with van der Waals surface area (Å²) < 4.78 is 5.77. The minimum atomic E-state index is -0.453. The summed E-state index contributed by atoms with van der Waals surface area (Å²) in [6.07, 6.45) is -0.0549. The number of nitrogens with one attached hydrogen (secondary N) is 1. The maximum Gasteiger partial charge on any atom is 0.322 e. The third-order valence-corrected chi connectivity index (χ3v) is 3.60. The Morgan fingerprint density at radius 3 is 2.77 bits per heavy atom. The van der Waals surface area contributed by atoms with Crippen LogP contribution in [0.15, 0.2) is 18.2 Å². The molecule has 1 aliphatic rings. The lowest BCUT2D eigenvalue weighted by molar-refractivity contribution is -0.385. The van der Waals surface area contributed by atoms with Crippen molar-refractivity contribution in [2.45, 2.75) is 39.4 Å². The smallest absolute Gasteiger partial charge is 0.322 e. The normalized spacial score (nSPS) is 20.5. The van der Waals surface area contributed by atoms with Gasteiger partial charge in [0.25, 0.3) is 5.69 Å². The number of urea groups is 1. The third kappa shape index (κ3) is 3.54. The largest absolute Gasteiger partial charge is 0.369 e. The number of hydrogen-bond donors (Lipinski definition) is 1. The molecular weight excluding hydrogens is 286 g/mol. The molecule has 1 aromatic carbocycles. The van der Waals surface area contributed by atoms with Gasteiger partial charge in [-0.1, -0.05) is 6.07 Å². The second-order valence-electron chi connectivity index (χ2n) is 6.21. The van der Waals surface area contributed by atoms with Crippen molar-refractivity contribution in [3.63, 3.8) is 0 Å². The SMILES string of the molecule is Cc1c(NC(=O)N2CC(C)OC(C)(C)C2)cccc1[N+](=O)[O-]. The van der Waals surface area contributed by atoms with Gasteiger partial charge in [0, 0.05) is 12.6 Å². The first-order valence-corrected chi connectivity index (χ1v) is 7.17. The monoisotopic (exact) mass is 307 g/mol. The number of amides is 2. The third-order valence-electron chi connectivity index (χ3n) is 3.60. The number of nitrogens with zero attached hydrogens (tertiary/aromatic N) is 2. The molecule has 1 atom stereocenters. The first-order valence-electron chi connectivity index (χ1n) is 7.17. The van der Waals surface area contributed by atoms with Crippen molar-refractivity contribution in [2.75, 3.05) is 18.4 Å². The fourth-order valence-electron chi connectivity index (χ4n) is 2.76. The molecule has 1 heterocycles. The molecule has 0 saturated carbocycles. The summed E-state index contributed by atoms with van der Waals surface area (Å²) in [5, 5.41) is 13.7. The summed E-state index contributed by atoms with van der Waals surface area (Å²) in [5.41, 5.74) is 0.485. The van der Waals surface area contributed by atoms with Gasteiger partial charge >= 0.3 is 6.03 Å². The highest BCUT2D eigenvalue weighted by molar-refractivity contribution is 5.91. The Morgan fingerprint density at radius 2 is 2.18 bits per heavy atom. The van der Waals surface area contributed by atoms with Gasteiger partial charge in [0.1, 0.15) is 0 Å². The van der Waals surface area contributed by atoms with Crippen molar-refractivity contribution in [3.05, 3.63) is 33.9 Å². The van der Waals surface area contributed by atoms with E-state index in [4.69, 9.17) is 4.74 Å². The second-order valence-corrected chi connectivity index (χ2v) is 6.21. The number of benzene rings is 1. The topological polar surface area (TPSA) is 84.7 Å². The van der Waals surface area contributed by atoms with E-state index in [1.165, 1.54) is 6.07 Å². The summed E-state index contributed by atoms with van der Waals surface area (Å²) in [6.45, 7) is 8.36. The molecule has 1 saturated heterocycles. The lowest BCUT2D eigenvalue weighted by Gasteiger charge is -2.41. The summed E-state index contributed by atoms with van der Waals surface area (Å²) >= 11 is 0. The van der Waals surface area contributed by atoms with Crippen molar-refractivity contribution in [3.8, 4) is 0 Å². The lowest BCUT2D eigenvalue weighted by Crippen LogP contribution is -2.54. The summed E-state index contributed by atoms with van der Waals surface area (Å²) in [7, 11) is 0. The van der Waals surface area contributed by atoms with Gasteiger partial charge in [-0.15, -0.1) is 0 Å². The highest BCUT2D eigenvalue weighted by Gasteiger charge is 2.34. The molecule has 1 N–H and O–H groups in total. The van der Waals surface area contributed by atoms with Crippen LogP contribution in [0.4, 0.5) is 16.2 Å². The molecule has 1 unspecified atom stereocenters. The Balaban J connectivity index is 2.16. The molecule has 7 heteroatoms. The Labute approximate surface area is 129 Å². The molecular formula is C15H21N3O4. The molecule has 1 aromatic rings. The molecule has 1 aliphatic heterocycles. The highest BCUT2D eigenvalue weighted by atomic mass is 16.6. The van der Waals surface area contributed by atoms with E-state index in [2.05, 4.69) is 5.32 Å². The van der Waals surface area contributed by atoms with E-state index >= 15 is 0 Å². The number of nitro groups is 1.